The lowest BCUT2D eigenvalue weighted by atomic mass is 10.1. The van der Waals surface area contributed by atoms with Crippen molar-refractivity contribution in [1.29, 1.82) is 5.26 Å². The number of para-hydroxylation sites is 1. The molecule has 0 aliphatic heterocycles. The Hall–Kier alpha value is -4.16. The zero-order chi connectivity index (χ0) is 25.3. The molecule has 4 rings (SSSR count). The molecular weight excluding hydrogens is 469 g/mol. The van der Waals surface area contributed by atoms with Gasteiger partial charge in [0.25, 0.3) is 0 Å². The van der Waals surface area contributed by atoms with Crippen molar-refractivity contribution >= 4 is 26.6 Å². The van der Waals surface area contributed by atoms with E-state index in [0.717, 1.165) is 0 Å². The van der Waals surface area contributed by atoms with Crippen LogP contribution < -0.4 is 14.9 Å². The van der Waals surface area contributed by atoms with Crippen molar-refractivity contribution < 1.29 is 17.5 Å². The smallest absolute Gasteiger partial charge is 0.232 e. The second-order valence-electron chi connectivity index (χ2n) is 8.03. The second kappa shape index (κ2) is 9.24. The molecule has 0 bridgehead atoms. The first-order valence-electron chi connectivity index (χ1n) is 10.8. The van der Waals surface area contributed by atoms with Gasteiger partial charge in [0, 0.05) is 11.6 Å². The van der Waals surface area contributed by atoms with Crippen molar-refractivity contribution in [2.45, 2.75) is 20.8 Å². The van der Waals surface area contributed by atoms with Crippen LogP contribution >= 0.6 is 0 Å². The van der Waals surface area contributed by atoms with E-state index in [0.29, 0.717) is 39.2 Å². The first kappa shape index (κ1) is 24.0. The van der Waals surface area contributed by atoms with Gasteiger partial charge in [-0.25, -0.2) is 12.8 Å². The Kier molecular flexibility index (Phi) is 6.33. The van der Waals surface area contributed by atoms with Gasteiger partial charge in [-0.05, 0) is 74.4 Å². The summed E-state index contributed by atoms with van der Waals surface area (Å²) in [7, 11) is -3.57. The largest absolute Gasteiger partial charge is 0.455 e. The van der Waals surface area contributed by atoms with Crippen LogP contribution in [0.1, 0.15) is 23.6 Å². The maximum Gasteiger partial charge on any atom is 0.232 e. The van der Waals surface area contributed by atoms with Crippen LogP contribution in [0.15, 0.2) is 65.6 Å². The molecule has 0 unspecified atom stereocenters. The molecule has 178 valence electrons. The molecule has 9 heteroatoms. The molecule has 1 aromatic heterocycles. The summed E-state index contributed by atoms with van der Waals surface area (Å²) in [5.41, 5.74) is 1.83. The highest BCUT2D eigenvalue weighted by Gasteiger charge is 2.17. The Bertz CT molecular complexity index is 1650. The van der Waals surface area contributed by atoms with Crippen molar-refractivity contribution in [3.8, 4) is 23.3 Å². The van der Waals surface area contributed by atoms with E-state index in [9.17, 15) is 22.9 Å². The number of ether oxygens (including phenoxy) is 1. The molecule has 0 saturated heterocycles. The van der Waals surface area contributed by atoms with Crippen LogP contribution in [0.5, 0.6) is 11.5 Å². The van der Waals surface area contributed by atoms with E-state index < -0.39 is 15.5 Å². The van der Waals surface area contributed by atoms with E-state index >= 15 is 0 Å². The fraction of sp³-hybridized carbons (Fsp3) is 0.154. The minimum atomic E-state index is -3.57. The molecular formula is C26H22FN3O4S. The normalized spacial score (nSPS) is 11.3. The summed E-state index contributed by atoms with van der Waals surface area (Å²) in [5, 5.41) is 9.90. The number of fused-ring (bicyclic) bond motifs is 1. The molecule has 7 nitrogen and oxygen atoms in total. The topological polar surface area (TPSA) is 101 Å². The first-order chi connectivity index (χ1) is 16.6. The predicted octanol–water partition coefficient (Wildman–Crippen LogP) is 5.17. The van der Waals surface area contributed by atoms with Gasteiger partial charge in [0.1, 0.15) is 23.2 Å². The van der Waals surface area contributed by atoms with Crippen LogP contribution in [0.2, 0.25) is 0 Å². The van der Waals surface area contributed by atoms with E-state index in [1.54, 1.807) is 60.9 Å². The molecule has 0 amide bonds. The summed E-state index contributed by atoms with van der Waals surface area (Å²) in [6.07, 6.45) is 1.40. The lowest BCUT2D eigenvalue weighted by Crippen LogP contribution is -2.15. The molecule has 0 fully saturated rings. The number of pyridine rings is 1. The Morgan fingerprint density at radius 3 is 2.43 bits per heavy atom. The number of sulfonamides is 1. The van der Waals surface area contributed by atoms with Crippen molar-refractivity contribution in [3.05, 3.63) is 93.5 Å². The molecule has 35 heavy (non-hydrogen) atoms. The van der Waals surface area contributed by atoms with Crippen molar-refractivity contribution in [1.82, 2.24) is 4.57 Å². The number of hydrogen-bond donors (Lipinski definition) is 1. The molecule has 1 N–H and O–H groups in total. The summed E-state index contributed by atoms with van der Waals surface area (Å²) in [6, 6.07) is 16.1. The maximum absolute atomic E-state index is 13.8. The van der Waals surface area contributed by atoms with Gasteiger partial charge < -0.3 is 9.30 Å². The van der Waals surface area contributed by atoms with Gasteiger partial charge >= 0.3 is 0 Å². The highest BCUT2D eigenvalue weighted by atomic mass is 32.2. The SMILES string of the molecule is CCS(=O)(=O)Nc1ccc(Oc2c(C)cc(F)cc2C)c(-n2cc(C#N)c(=O)c3ccccc32)c1. The van der Waals surface area contributed by atoms with Crippen LogP contribution in [-0.2, 0) is 10.0 Å². The number of rotatable bonds is 6. The summed E-state index contributed by atoms with van der Waals surface area (Å²) < 4.78 is 48.6. The number of nitrogens with zero attached hydrogens (tertiary/aromatic N) is 2. The van der Waals surface area contributed by atoms with Crippen LogP contribution in [0.25, 0.3) is 16.6 Å². The molecule has 4 aromatic rings. The monoisotopic (exact) mass is 491 g/mol. The highest BCUT2D eigenvalue weighted by Crippen LogP contribution is 2.36. The van der Waals surface area contributed by atoms with Gasteiger partial charge in [0.15, 0.2) is 5.75 Å². The number of aromatic nitrogens is 1. The fourth-order valence-corrected chi connectivity index (χ4v) is 4.46. The van der Waals surface area contributed by atoms with Crippen molar-refractivity contribution in [3.63, 3.8) is 0 Å². The van der Waals surface area contributed by atoms with E-state index in [1.807, 2.05) is 6.07 Å². The van der Waals surface area contributed by atoms with E-state index in [-0.39, 0.29) is 22.8 Å². The first-order valence-corrected chi connectivity index (χ1v) is 12.4. The number of hydrogen-bond acceptors (Lipinski definition) is 5. The molecule has 0 atom stereocenters. The van der Waals surface area contributed by atoms with Crippen LogP contribution in [0.4, 0.5) is 10.1 Å². The Labute approximate surface area is 202 Å². The average Bonchev–Trinajstić information content (AvgIpc) is 2.82. The number of nitrogens with one attached hydrogen (secondary N) is 1. The van der Waals surface area contributed by atoms with Crippen molar-refractivity contribution in [2.75, 3.05) is 10.5 Å². The van der Waals surface area contributed by atoms with E-state index in [2.05, 4.69) is 4.72 Å². The van der Waals surface area contributed by atoms with E-state index in [1.165, 1.54) is 25.3 Å². The van der Waals surface area contributed by atoms with Gasteiger partial charge in [0.05, 0.1) is 22.6 Å². The second-order valence-corrected chi connectivity index (χ2v) is 10.0. The highest BCUT2D eigenvalue weighted by molar-refractivity contribution is 7.92. The molecule has 0 radical (unpaired) electrons. The Morgan fingerprint density at radius 2 is 1.77 bits per heavy atom. The van der Waals surface area contributed by atoms with Gasteiger partial charge in [-0.2, -0.15) is 5.26 Å². The predicted molar refractivity (Wildman–Crippen MR) is 133 cm³/mol. The van der Waals surface area contributed by atoms with E-state index in [4.69, 9.17) is 4.74 Å². The van der Waals surface area contributed by atoms with Crippen LogP contribution in [0.3, 0.4) is 0 Å². The number of benzene rings is 3. The lowest BCUT2D eigenvalue weighted by Gasteiger charge is -2.19. The maximum atomic E-state index is 13.8. The fourth-order valence-electron chi connectivity index (χ4n) is 3.83. The summed E-state index contributed by atoms with van der Waals surface area (Å²) >= 11 is 0. The molecule has 0 aliphatic carbocycles. The molecule has 0 spiro atoms. The minimum absolute atomic E-state index is 0.0802. The minimum Gasteiger partial charge on any atom is -0.455 e. The number of nitriles is 1. The molecule has 0 saturated carbocycles. The Balaban J connectivity index is 2.00. The third kappa shape index (κ3) is 4.74. The third-order valence-electron chi connectivity index (χ3n) is 5.54. The number of anilines is 1. The zero-order valence-corrected chi connectivity index (χ0v) is 20.1. The van der Waals surface area contributed by atoms with Crippen LogP contribution in [-0.4, -0.2) is 18.7 Å². The molecule has 1 heterocycles. The van der Waals surface area contributed by atoms with Gasteiger partial charge in [-0.3, -0.25) is 9.52 Å². The molecule has 3 aromatic carbocycles. The number of halogens is 1. The average molecular weight is 492 g/mol. The van der Waals surface area contributed by atoms with Gasteiger partial charge in [-0.15, -0.1) is 0 Å². The standard InChI is InChI=1S/C26H22FN3O4S/c1-4-35(32,33)29-20-9-10-24(34-26-16(2)11-19(27)12-17(26)3)23(13-20)30-15-18(14-28)25(31)21-7-5-6-8-22(21)30/h5-13,15,29H,4H2,1-3H3. The summed E-state index contributed by atoms with van der Waals surface area (Å²) in [6.45, 7) is 4.96. The van der Waals surface area contributed by atoms with Gasteiger partial charge in [0.2, 0.25) is 15.5 Å². The third-order valence-corrected chi connectivity index (χ3v) is 6.85. The summed E-state index contributed by atoms with van der Waals surface area (Å²) in [4.78, 5) is 12.7. The summed E-state index contributed by atoms with van der Waals surface area (Å²) in [5.74, 6) is 0.260. The number of aryl methyl sites for hydroxylation is 2. The Morgan fingerprint density at radius 1 is 1.09 bits per heavy atom. The lowest BCUT2D eigenvalue weighted by molar-refractivity contribution is 0.470. The van der Waals surface area contributed by atoms with Crippen LogP contribution in [0, 0.1) is 31.0 Å². The quantitative estimate of drug-likeness (QED) is 0.401. The van der Waals surface area contributed by atoms with Crippen molar-refractivity contribution in [2.24, 2.45) is 0 Å². The molecule has 0 aliphatic rings. The zero-order valence-electron chi connectivity index (χ0n) is 19.3. The van der Waals surface area contributed by atoms with Gasteiger partial charge in [-0.1, -0.05) is 12.1 Å².